The van der Waals surface area contributed by atoms with Crippen LogP contribution in [0, 0.1) is 0 Å². The Kier molecular flexibility index (Phi) is 4.17. The zero-order valence-electron chi connectivity index (χ0n) is 13.5. The zero-order chi connectivity index (χ0) is 18.3. The minimum Gasteiger partial charge on any atom is -0.338 e. The molecular weight excluding hydrogens is 369 g/mol. The van der Waals surface area contributed by atoms with Gasteiger partial charge in [-0.25, -0.2) is 4.68 Å². The van der Waals surface area contributed by atoms with E-state index in [0.717, 1.165) is 25.0 Å². The second-order valence-electron chi connectivity index (χ2n) is 5.93. The van der Waals surface area contributed by atoms with Crippen LogP contribution in [0.15, 0.2) is 33.9 Å². The molecular formula is C15H13F3N6OS. The summed E-state index contributed by atoms with van der Waals surface area (Å²) in [6.45, 7) is 1.85. The molecule has 0 bridgehead atoms. The van der Waals surface area contributed by atoms with Gasteiger partial charge in [0.1, 0.15) is 0 Å². The lowest BCUT2D eigenvalue weighted by Gasteiger charge is -2.07. The molecule has 0 radical (unpaired) electrons. The zero-order valence-corrected chi connectivity index (χ0v) is 14.3. The van der Waals surface area contributed by atoms with Crippen LogP contribution in [0.5, 0.6) is 0 Å². The number of aromatic nitrogens is 6. The fraction of sp³-hybridized carbons (Fsp3) is 0.400. The van der Waals surface area contributed by atoms with E-state index < -0.39 is 11.7 Å². The lowest BCUT2D eigenvalue weighted by molar-refractivity contribution is -0.137. The van der Waals surface area contributed by atoms with Gasteiger partial charge in [-0.15, -0.1) is 5.10 Å². The standard InChI is InChI=1S/C15H13F3N6OS/c1-8(26-14-20-22-23-24(14)11-5-6-11)13-19-12(21-25-13)9-3-2-4-10(7-9)15(16,17)18/h2-4,7-8,11H,5-6H2,1H3. The van der Waals surface area contributed by atoms with Gasteiger partial charge in [-0.05, 0) is 42.3 Å². The van der Waals surface area contributed by atoms with Gasteiger partial charge in [0.2, 0.25) is 16.9 Å². The molecule has 1 unspecified atom stereocenters. The van der Waals surface area contributed by atoms with Crippen molar-refractivity contribution in [3.05, 3.63) is 35.7 Å². The molecule has 2 aromatic heterocycles. The molecule has 26 heavy (non-hydrogen) atoms. The molecule has 1 aromatic carbocycles. The highest BCUT2D eigenvalue weighted by Gasteiger charge is 2.31. The van der Waals surface area contributed by atoms with Crippen molar-refractivity contribution in [2.24, 2.45) is 0 Å². The molecule has 0 N–H and O–H groups in total. The minimum absolute atomic E-state index is 0.111. The smallest absolute Gasteiger partial charge is 0.338 e. The van der Waals surface area contributed by atoms with Crippen molar-refractivity contribution >= 4 is 11.8 Å². The molecule has 7 nitrogen and oxygen atoms in total. The van der Waals surface area contributed by atoms with Gasteiger partial charge >= 0.3 is 6.18 Å². The number of halogens is 3. The first-order chi connectivity index (χ1) is 12.4. The van der Waals surface area contributed by atoms with Crippen molar-refractivity contribution in [1.29, 1.82) is 0 Å². The maximum Gasteiger partial charge on any atom is 0.416 e. The summed E-state index contributed by atoms with van der Waals surface area (Å²) in [7, 11) is 0. The maximum atomic E-state index is 12.8. The number of thioether (sulfide) groups is 1. The van der Waals surface area contributed by atoms with Crippen LogP contribution in [0.25, 0.3) is 11.4 Å². The quantitative estimate of drug-likeness (QED) is 0.618. The van der Waals surface area contributed by atoms with Crippen molar-refractivity contribution < 1.29 is 17.7 Å². The van der Waals surface area contributed by atoms with Gasteiger partial charge in [0, 0.05) is 5.56 Å². The molecule has 1 fully saturated rings. The van der Waals surface area contributed by atoms with Crippen molar-refractivity contribution in [2.45, 2.75) is 42.4 Å². The van der Waals surface area contributed by atoms with Gasteiger partial charge in [-0.2, -0.15) is 18.2 Å². The fourth-order valence-electron chi connectivity index (χ4n) is 2.37. The summed E-state index contributed by atoms with van der Waals surface area (Å²) in [5.41, 5.74) is -0.512. The number of tetrazole rings is 1. The van der Waals surface area contributed by atoms with Crippen molar-refractivity contribution in [3.63, 3.8) is 0 Å². The molecule has 1 saturated carbocycles. The van der Waals surface area contributed by atoms with Crippen LogP contribution < -0.4 is 0 Å². The van der Waals surface area contributed by atoms with E-state index >= 15 is 0 Å². The third kappa shape index (κ3) is 3.43. The highest BCUT2D eigenvalue weighted by Crippen LogP contribution is 2.40. The van der Waals surface area contributed by atoms with Crippen molar-refractivity contribution in [1.82, 2.24) is 30.3 Å². The molecule has 1 atom stereocenters. The van der Waals surface area contributed by atoms with E-state index in [-0.39, 0.29) is 16.6 Å². The van der Waals surface area contributed by atoms with E-state index in [9.17, 15) is 13.2 Å². The third-order valence-corrected chi connectivity index (χ3v) is 4.91. The van der Waals surface area contributed by atoms with Gasteiger partial charge in [0.25, 0.3) is 0 Å². The van der Waals surface area contributed by atoms with Gasteiger partial charge in [0.15, 0.2) is 0 Å². The third-order valence-electron chi connectivity index (χ3n) is 3.88. The van der Waals surface area contributed by atoms with Gasteiger partial charge < -0.3 is 4.52 Å². The van der Waals surface area contributed by atoms with Gasteiger partial charge in [-0.1, -0.05) is 29.1 Å². The van der Waals surface area contributed by atoms with Crippen LogP contribution in [0.4, 0.5) is 13.2 Å². The Bertz CT molecular complexity index is 920. The highest BCUT2D eigenvalue weighted by molar-refractivity contribution is 7.99. The van der Waals surface area contributed by atoms with Crippen molar-refractivity contribution in [2.75, 3.05) is 0 Å². The molecule has 0 spiro atoms. The van der Waals surface area contributed by atoms with Gasteiger partial charge in [0.05, 0.1) is 16.9 Å². The maximum absolute atomic E-state index is 12.8. The normalized spacial score (nSPS) is 16.0. The van der Waals surface area contributed by atoms with Crippen molar-refractivity contribution in [3.8, 4) is 11.4 Å². The molecule has 1 aliphatic rings. The Labute approximate surface area is 150 Å². The number of hydrogen-bond acceptors (Lipinski definition) is 7. The number of hydrogen-bond donors (Lipinski definition) is 0. The van der Waals surface area contributed by atoms with E-state index in [1.165, 1.54) is 23.9 Å². The molecule has 2 heterocycles. The van der Waals surface area contributed by atoms with E-state index in [2.05, 4.69) is 25.7 Å². The fourth-order valence-corrected chi connectivity index (χ4v) is 3.26. The largest absolute Gasteiger partial charge is 0.416 e. The van der Waals surface area contributed by atoms with Crippen LogP contribution in [0.2, 0.25) is 0 Å². The summed E-state index contributed by atoms with van der Waals surface area (Å²) in [5.74, 6) is 0.410. The summed E-state index contributed by atoms with van der Waals surface area (Å²) >= 11 is 1.36. The van der Waals surface area contributed by atoms with Crippen LogP contribution >= 0.6 is 11.8 Å². The number of benzene rings is 1. The minimum atomic E-state index is -4.42. The van der Waals surface area contributed by atoms with E-state index in [1.807, 2.05) is 6.92 Å². The first kappa shape index (κ1) is 17.0. The first-order valence-corrected chi connectivity index (χ1v) is 8.75. The molecule has 4 rings (SSSR count). The van der Waals surface area contributed by atoms with Gasteiger partial charge in [-0.3, -0.25) is 0 Å². The Balaban J connectivity index is 1.53. The predicted molar refractivity (Wildman–Crippen MR) is 85.1 cm³/mol. The Morgan fingerprint density at radius 3 is 2.85 bits per heavy atom. The van der Waals surface area contributed by atoms with Crippen LogP contribution in [-0.4, -0.2) is 30.3 Å². The molecule has 0 aliphatic heterocycles. The van der Waals surface area contributed by atoms with Crippen LogP contribution in [0.3, 0.4) is 0 Å². The SMILES string of the molecule is CC(Sc1nnnn1C1CC1)c1nc(-c2cccc(C(F)(F)F)c2)no1. The van der Waals surface area contributed by atoms with Crippen LogP contribution in [-0.2, 0) is 6.18 Å². The number of alkyl halides is 3. The van der Waals surface area contributed by atoms with E-state index in [1.54, 1.807) is 4.68 Å². The molecule has 11 heteroatoms. The van der Waals surface area contributed by atoms with E-state index in [4.69, 9.17) is 4.52 Å². The molecule has 3 aromatic rings. The number of rotatable bonds is 5. The molecule has 0 saturated heterocycles. The average Bonchev–Trinajstić information content (AvgIpc) is 3.14. The lowest BCUT2D eigenvalue weighted by atomic mass is 10.1. The second kappa shape index (κ2) is 6.38. The summed E-state index contributed by atoms with van der Waals surface area (Å²) in [5, 5.41) is 15.9. The van der Waals surface area contributed by atoms with Crippen LogP contribution in [0.1, 0.15) is 42.5 Å². The summed E-state index contributed by atoms with van der Waals surface area (Å²) < 4.78 is 45.5. The Morgan fingerprint density at radius 2 is 2.12 bits per heavy atom. The summed E-state index contributed by atoms with van der Waals surface area (Å²) in [6, 6.07) is 5.16. The highest BCUT2D eigenvalue weighted by atomic mass is 32.2. The number of nitrogens with zero attached hydrogens (tertiary/aromatic N) is 6. The second-order valence-corrected chi connectivity index (χ2v) is 7.24. The first-order valence-electron chi connectivity index (χ1n) is 7.87. The Morgan fingerprint density at radius 1 is 1.31 bits per heavy atom. The van der Waals surface area contributed by atoms with E-state index in [0.29, 0.717) is 17.1 Å². The summed E-state index contributed by atoms with van der Waals surface area (Å²) in [4.78, 5) is 4.23. The Hall–Kier alpha value is -2.43. The lowest BCUT2D eigenvalue weighted by Crippen LogP contribution is -2.04. The summed E-state index contributed by atoms with van der Waals surface area (Å²) in [6.07, 6.45) is -2.33. The predicted octanol–water partition coefficient (Wildman–Crippen LogP) is 3.93. The molecule has 1 aliphatic carbocycles. The molecule has 0 amide bonds. The topological polar surface area (TPSA) is 82.5 Å². The average molecular weight is 382 g/mol. The monoisotopic (exact) mass is 382 g/mol. The molecule has 136 valence electrons.